The van der Waals surface area contributed by atoms with Crippen molar-refractivity contribution in [2.24, 2.45) is 0 Å². The van der Waals surface area contributed by atoms with E-state index >= 15 is 0 Å². The van der Waals surface area contributed by atoms with Crippen LogP contribution in [0, 0.1) is 0 Å². The van der Waals surface area contributed by atoms with Crippen LogP contribution in [0.15, 0.2) is 54.6 Å². The monoisotopic (exact) mass is 434 g/mol. The molecule has 31 heavy (non-hydrogen) atoms. The molecule has 0 aliphatic carbocycles. The summed E-state index contributed by atoms with van der Waals surface area (Å²) in [6.45, 7) is 1.74. The molecule has 1 aromatic heterocycles. The molecule has 0 bridgehead atoms. The molecule has 8 heteroatoms. The van der Waals surface area contributed by atoms with Crippen LogP contribution in [0.2, 0.25) is 0 Å². The summed E-state index contributed by atoms with van der Waals surface area (Å²) in [4.78, 5) is 46.8. The van der Waals surface area contributed by atoms with Crippen molar-refractivity contribution in [1.82, 2.24) is 19.7 Å². The average Bonchev–Trinajstić information content (AvgIpc) is 3.32. The first kappa shape index (κ1) is 19.8. The van der Waals surface area contributed by atoms with E-state index in [1.165, 1.54) is 4.70 Å². The molecule has 4 amide bonds. The van der Waals surface area contributed by atoms with Crippen molar-refractivity contribution in [2.45, 2.75) is 25.3 Å². The predicted octanol–water partition coefficient (Wildman–Crippen LogP) is 3.42. The van der Waals surface area contributed by atoms with Gasteiger partial charge in [0, 0.05) is 12.5 Å². The largest absolute Gasteiger partial charge is 0.335 e. The maximum Gasteiger partial charge on any atom is 0.335 e. The Kier molecular flexibility index (Phi) is 5.25. The van der Waals surface area contributed by atoms with Crippen molar-refractivity contribution < 1.29 is 14.4 Å². The standard InChI is InChI=1S/C23H22N4O3S/c28-21-22(29)27(23(30)26(21)13-16-7-2-1-3-8-16)15-25-12-6-9-17(14-25)20-24-18-10-4-5-11-19(18)31-20/h1-5,7-8,10-11,17H,6,9,12-15H2. The van der Waals surface area contributed by atoms with Crippen LogP contribution in [0.5, 0.6) is 0 Å². The summed E-state index contributed by atoms with van der Waals surface area (Å²) in [6, 6.07) is 16.8. The molecule has 3 heterocycles. The minimum absolute atomic E-state index is 0.106. The van der Waals surface area contributed by atoms with Gasteiger partial charge in [0.15, 0.2) is 0 Å². The summed E-state index contributed by atoms with van der Waals surface area (Å²) in [5.41, 5.74) is 1.82. The minimum Gasteiger partial charge on any atom is -0.285 e. The molecule has 1 atom stereocenters. The van der Waals surface area contributed by atoms with Gasteiger partial charge in [0.05, 0.1) is 28.4 Å². The molecular weight excluding hydrogens is 412 g/mol. The summed E-state index contributed by atoms with van der Waals surface area (Å²) in [7, 11) is 0. The van der Waals surface area contributed by atoms with Crippen LogP contribution in [0.1, 0.15) is 29.3 Å². The van der Waals surface area contributed by atoms with E-state index in [4.69, 9.17) is 4.98 Å². The van der Waals surface area contributed by atoms with Gasteiger partial charge in [-0.05, 0) is 37.1 Å². The maximum atomic E-state index is 12.8. The molecule has 7 nitrogen and oxygen atoms in total. The number of urea groups is 1. The fourth-order valence-corrected chi connectivity index (χ4v) is 5.32. The number of thiazole rings is 1. The minimum atomic E-state index is -0.756. The average molecular weight is 435 g/mol. The second-order valence-corrected chi connectivity index (χ2v) is 9.03. The Hall–Kier alpha value is -3.10. The van der Waals surface area contributed by atoms with Crippen LogP contribution in [-0.4, -0.2) is 57.3 Å². The van der Waals surface area contributed by atoms with Gasteiger partial charge in [-0.25, -0.2) is 14.7 Å². The molecule has 0 N–H and O–H groups in total. The molecular formula is C23H22N4O3S. The molecule has 2 fully saturated rings. The summed E-state index contributed by atoms with van der Waals surface area (Å²) >= 11 is 1.70. The van der Waals surface area contributed by atoms with E-state index in [0.29, 0.717) is 6.54 Å². The third-order valence-electron chi connectivity index (χ3n) is 5.83. The lowest BCUT2D eigenvalue weighted by atomic mass is 9.99. The van der Waals surface area contributed by atoms with Gasteiger partial charge in [0.2, 0.25) is 0 Å². The lowest BCUT2D eigenvalue weighted by Crippen LogP contribution is -2.45. The van der Waals surface area contributed by atoms with Gasteiger partial charge in [0.1, 0.15) is 0 Å². The van der Waals surface area contributed by atoms with Crippen LogP contribution < -0.4 is 0 Å². The number of aromatic nitrogens is 1. The highest BCUT2D eigenvalue weighted by molar-refractivity contribution is 7.18. The number of fused-ring (bicyclic) bond motifs is 1. The number of hydrogen-bond acceptors (Lipinski definition) is 6. The van der Waals surface area contributed by atoms with Crippen molar-refractivity contribution in [3.63, 3.8) is 0 Å². The number of carbonyl (C=O) groups excluding carboxylic acids is 3. The van der Waals surface area contributed by atoms with E-state index in [1.54, 1.807) is 11.3 Å². The van der Waals surface area contributed by atoms with Crippen molar-refractivity contribution in [3.8, 4) is 0 Å². The highest BCUT2D eigenvalue weighted by Crippen LogP contribution is 2.33. The quantitative estimate of drug-likeness (QED) is 0.454. The smallest absolute Gasteiger partial charge is 0.285 e. The Balaban J connectivity index is 1.28. The number of imide groups is 2. The summed E-state index contributed by atoms with van der Waals surface area (Å²) in [6.07, 6.45) is 1.98. The molecule has 2 aliphatic heterocycles. The summed E-state index contributed by atoms with van der Waals surface area (Å²) in [5.74, 6) is -1.24. The first-order valence-corrected chi connectivity index (χ1v) is 11.2. The Morgan fingerprint density at radius 1 is 0.935 bits per heavy atom. The highest BCUT2D eigenvalue weighted by Gasteiger charge is 2.45. The van der Waals surface area contributed by atoms with Crippen molar-refractivity contribution in [2.75, 3.05) is 19.8 Å². The van der Waals surface area contributed by atoms with Crippen molar-refractivity contribution in [1.29, 1.82) is 0 Å². The van der Waals surface area contributed by atoms with Gasteiger partial charge in [-0.2, -0.15) is 0 Å². The zero-order chi connectivity index (χ0) is 21.4. The van der Waals surface area contributed by atoms with Gasteiger partial charge < -0.3 is 0 Å². The number of piperidine rings is 1. The number of amides is 4. The number of benzene rings is 2. The van der Waals surface area contributed by atoms with Crippen LogP contribution >= 0.6 is 11.3 Å². The molecule has 2 saturated heterocycles. The Morgan fingerprint density at radius 2 is 1.68 bits per heavy atom. The van der Waals surface area contributed by atoms with E-state index in [0.717, 1.165) is 45.3 Å². The van der Waals surface area contributed by atoms with E-state index in [9.17, 15) is 14.4 Å². The third-order valence-corrected chi connectivity index (χ3v) is 7.02. The third kappa shape index (κ3) is 3.84. The van der Waals surface area contributed by atoms with Gasteiger partial charge in [-0.1, -0.05) is 42.5 Å². The molecule has 5 rings (SSSR count). The van der Waals surface area contributed by atoms with E-state index in [1.807, 2.05) is 48.5 Å². The Bertz CT molecular complexity index is 1110. The Morgan fingerprint density at radius 3 is 2.48 bits per heavy atom. The predicted molar refractivity (Wildman–Crippen MR) is 117 cm³/mol. The summed E-state index contributed by atoms with van der Waals surface area (Å²) in [5, 5.41) is 1.09. The SMILES string of the molecule is O=C1C(=O)N(CN2CCCC(c3nc4ccccc4s3)C2)C(=O)N1Cc1ccccc1. The van der Waals surface area contributed by atoms with E-state index in [2.05, 4.69) is 11.0 Å². The molecule has 0 spiro atoms. The topological polar surface area (TPSA) is 73.8 Å². The molecule has 0 radical (unpaired) electrons. The van der Waals surface area contributed by atoms with E-state index < -0.39 is 17.8 Å². The van der Waals surface area contributed by atoms with Gasteiger partial charge in [0.25, 0.3) is 0 Å². The van der Waals surface area contributed by atoms with Crippen LogP contribution in [0.3, 0.4) is 0 Å². The molecule has 1 unspecified atom stereocenters. The van der Waals surface area contributed by atoms with Crippen LogP contribution in [-0.2, 0) is 16.1 Å². The van der Waals surface area contributed by atoms with Gasteiger partial charge in [-0.15, -0.1) is 11.3 Å². The number of likely N-dealkylation sites (tertiary alicyclic amines) is 1. The number of hydrogen-bond donors (Lipinski definition) is 0. The normalized spacial score (nSPS) is 20.3. The maximum absolute atomic E-state index is 12.8. The van der Waals surface area contributed by atoms with Gasteiger partial charge in [-0.3, -0.25) is 19.4 Å². The fraction of sp³-hybridized carbons (Fsp3) is 0.304. The fourth-order valence-electron chi connectivity index (χ4n) is 4.23. The highest BCUT2D eigenvalue weighted by atomic mass is 32.1. The van der Waals surface area contributed by atoms with Crippen LogP contribution in [0.25, 0.3) is 10.2 Å². The first-order chi connectivity index (χ1) is 15.1. The number of rotatable bonds is 5. The zero-order valence-corrected chi connectivity index (χ0v) is 17.8. The number of nitrogens with zero attached hydrogens (tertiary/aromatic N) is 4. The Labute approximate surface area is 183 Å². The molecule has 0 saturated carbocycles. The van der Waals surface area contributed by atoms with Crippen molar-refractivity contribution in [3.05, 3.63) is 65.2 Å². The number of para-hydroxylation sites is 1. The second kappa shape index (κ2) is 8.20. The molecule has 158 valence electrons. The van der Waals surface area contributed by atoms with Gasteiger partial charge >= 0.3 is 17.8 Å². The zero-order valence-electron chi connectivity index (χ0n) is 16.9. The molecule has 2 aromatic carbocycles. The number of carbonyl (C=O) groups is 3. The van der Waals surface area contributed by atoms with E-state index in [-0.39, 0.29) is 19.1 Å². The molecule has 2 aliphatic rings. The lowest BCUT2D eigenvalue weighted by Gasteiger charge is -2.33. The van der Waals surface area contributed by atoms with Crippen molar-refractivity contribution >= 4 is 39.4 Å². The lowest BCUT2D eigenvalue weighted by molar-refractivity contribution is -0.144. The second-order valence-electron chi connectivity index (χ2n) is 7.97. The summed E-state index contributed by atoms with van der Waals surface area (Å²) < 4.78 is 1.17. The molecule has 3 aromatic rings. The van der Waals surface area contributed by atoms with Crippen LogP contribution in [0.4, 0.5) is 4.79 Å². The first-order valence-electron chi connectivity index (χ1n) is 10.4.